The number of hydrogen-bond acceptors (Lipinski definition) is 6. The average Bonchev–Trinajstić information content (AvgIpc) is 3.26. The summed E-state index contributed by atoms with van der Waals surface area (Å²) in [4.78, 5) is 40.3. The Morgan fingerprint density at radius 2 is 1.74 bits per heavy atom. The summed E-state index contributed by atoms with van der Waals surface area (Å²) >= 11 is 11.7. The lowest BCUT2D eigenvalue weighted by atomic mass is 10.2. The molecule has 1 aromatic carbocycles. The first-order chi connectivity index (χ1) is 16.3. The summed E-state index contributed by atoms with van der Waals surface area (Å²) in [7, 11) is 0. The molecule has 2 aromatic heterocycles. The van der Waals surface area contributed by atoms with Crippen molar-refractivity contribution in [2.75, 3.05) is 5.32 Å². The molecule has 0 bridgehead atoms. The highest BCUT2D eigenvalue weighted by Crippen LogP contribution is 2.22. The number of nitrogens with zero attached hydrogens (tertiary/aromatic N) is 2. The molecule has 0 spiro atoms. The fraction of sp³-hybridized carbons (Fsp3) is 0.0870. The zero-order valence-electron chi connectivity index (χ0n) is 17.5. The van der Waals surface area contributed by atoms with Crippen molar-refractivity contribution in [2.45, 2.75) is 13.1 Å². The highest BCUT2D eigenvalue weighted by molar-refractivity contribution is 6.40. The molecule has 34 heavy (non-hydrogen) atoms. The Kier molecular flexibility index (Phi) is 8.40. The summed E-state index contributed by atoms with van der Waals surface area (Å²) in [5.41, 5.74) is 0.897. The van der Waals surface area contributed by atoms with Crippen molar-refractivity contribution in [1.82, 2.24) is 15.6 Å². The van der Waals surface area contributed by atoms with E-state index in [1.807, 2.05) is 6.07 Å². The van der Waals surface area contributed by atoms with Gasteiger partial charge in [0.05, 0.1) is 6.54 Å². The Morgan fingerprint density at radius 1 is 1.00 bits per heavy atom. The van der Waals surface area contributed by atoms with Crippen LogP contribution in [0.15, 0.2) is 64.8 Å². The maximum atomic E-state index is 12.3. The first kappa shape index (κ1) is 24.5. The summed E-state index contributed by atoms with van der Waals surface area (Å²) in [5.74, 6) is -1.85. The molecule has 0 radical (unpaired) electrons. The van der Waals surface area contributed by atoms with Crippen LogP contribution in [-0.4, -0.2) is 22.7 Å². The number of pyridine rings is 1. The van der Waals surface area contributed by atoms with E-state index in [1.54, 1.807) is 30.6 Å². The van der Waals surface area contributed by atoms with Gasteiger partial charge in [0.2, 0.25) is 0 Å². The molecule has 0 saturated carbocycles. The molecule has 9 nitrogen and oxygen atoms in total. The quantitative estimate of drug-likeness (QED) is 0.259. The van der Waals surface area contributed by atoms with Gasteiger partial charge >= 0.3 is 11.8 Å². The standard InChI is InChI=1S/C23H17Cl2N5O4/c24-16-7-17(25)9-18(8-16)30-23(33)22(32)29-13-20-4-3-19(34-20)6-15(10-26)21(31)28-12-14-2-1-5-27-11-14/h1-9,11H,12-13H2,(H,28,31)(H,29,32)(H,30,33). The number of rotatable bonds is 7. The number of amides is 3. The highest BCUT2D eigenvalue weighted by atomic mass is 35.5. The van der Waals surface area contributed by atoms with Crippen molar-refractivity contribution in [2.24, 2.45) is 0 Å². The largest absolute Gasteiger partial charge is 0.460 e. The molecule has 0 atom stereocenters. The van der Waals surface area contributed by atoms with Crippen LogP contribution in [0.4, 0.5) is 5.69 Å². The van der Waals surface area contributed by atoms with Crippen LogP contribution in [0.1, 0.15) is 17.1 Å². The monoisotopic (exact) mass is 497 g/mol. The van der Waals surface area contributed by atoms with Crippen LogP contribution in [0.3, 0.4) is 0 Å². The van der Waals surface area contributed by atoms with Gasteiger partial charge in [0.1, 0.15) is 23.2 Å². The van der Waals surface area contributed by atoms with E-state index >= 15 is 0 Å². The topological polar surface area (TPSA) is 137 Å². The molecule has 0 saturated heterocycles. The number of anilines is 1. The van der Waals surface area contributed by atoms with E-state index < -0.39 is 17.7 Å². The molecular formula is C23H17Cl2N5O4. The molecule has 0 aliphatic carbocycles. The van der Waals surface area contributed by atoms with E-state index in [4.69, 9.17) is 27.6 Å². The zero-order chi connectivity index (χ0) is 24.5. The van der Waals surface area contributed by atoms with Crippen LogP contribution in [-0.2, 0) is 27.5 Å². The predicted molar refractivity (Wildman–Crippen MR) is 125 cm³/mol. The number of benzene rings is 1. The van der Waals surface area contributed by atoms with Crippen LogP contribution >= 0.6 is 23.2 Å². The van der Waals surface area contributed by atoms with Crippen molar-refractivity contribution in [3.63, 3.8) is 0 Å². The lowest BCUT2D eigenvalue weighted by Crippen LogP contribution is -2.34. The third-order valence-corrected chi connectivity index (χ3v) is 4.70. The minimum atomic E-state index is -0.915. The minimum Gasteiger partial charge on any atom is -0.460 e. The van der Waals surface area contributed by atoms with Gasteiger partial charge in [0.15, 0.2) is 0 Å². The second-order valence-electron chi connectivity index (χ2n) is 6.81. The summed E-state index contributed by atoms with van der Waals surface area (Å²) in [6, 6.07) is 12.8. The number of halogens is 2. The molecule has 0 aliphatic heterocycles. The number of hydrogen-bond donors (Lipinski definition) is 3. The minimum absolute atomic E-state index is 0.0918. The lowest BCUT2D eigenvalue weighted by molar-refractivity contribution is -0.136. The normalized spacial score (nSPS) is 10.8. The number of furan rings is 1. The molecule has 11 heteroatoms. The molecule has 3 amide bonds. The Labute approximate surface area is 204 Å². The van der Waals surface area contributed by atoms with Gasteiger partial charge in [-0.3, -0.25) is 19.4 Å². The van der Waals surface area contributed by atoms with Crippen LogP contribution in [0, 0.1) is 11.3 Å². The van der Waals surface area contributed by atoms with Crippen molar-refractivity contribution in [1.29, 1.82) is 5.26 Å². The van der Waals surface area contributed by atoms with E-state index in [2.05, 4.69) is 20.9 Å². The van der Waals surface area contributed by atoms with Crippen LogP contribution in [0.5, 0.6) is 0 Å². The molecule has 0 aliphatic rings. The van der Waals surface area contributed by atoms with Crippen LogP contribution in [0.2, 0.25) is 10.0 Å². The molecule has 3 rings (SSSR count). The zero-order valence-corrected chi connectivity index (χ0v) is 19.0. The SMILES string of the molecule is N#CC(=Cc1ccc(CNC(=O)C(=O)Nc2cc(Cl)cc(Cl)c2)o1)C(=O)NCc1cccnc1. The van der Waals surface area contributed by atoms with E-state index in [0.717, 1.165) is 5.56 Å². The van der Waals surface area contributed by atoms with Crippen molar-refractivity contribution in [3.8, 4) is 6.07 Å². The van der Waals surface area contributed by atoms with Crippen molar-refractivity contribution >= 4 is 52.7 Å². The van der Waals surface area contributed by atoms with Gasteiger partial charge in [-0.15, -0.1) is 0 Å². The van der Waals surface area contributed by atoms with Gasteiger partial charge in [-0.25, -0.2) is 0 Å². The first-order valence-corrected chi connectivity index (χ1v) is 10.5. The Morgan fingerprint density at radius 3 is 2.41 bits per heavy atom. The summed E-state index contributed by atoms with van der Waals surface area (Å²) < 4.78 is 5.51. The molecule has 0 fully saturated rings. The number of carbonyl (C=O) groups excluding carboxylic acids is 3. The van der Waals surface area contributed by atoms with E-state index in [9.17, 15) is 19.6 Å². The molecule has 3 aromatic rings. The number of carbonyl (C=O) groups is 3. The summed E-state index contributed by atoms with van der Waals surface area (Å²) in [6.07, 6.45) is 4.50. The van der Waals surface area contributed by atoms with Gasteiger partial charge in [-0.1, -0.05) is 29.3 Å². The summed E-state index contributed by atoms with van der Waals surface area (Å²) in [5, 5.41) is 17.3. The van der Waals surface area contributed by atoms with Gasteiger partial charge in [-0.05, 0) is 42.0 Å². The highest BCUT2D eigenvalue weighted by Gasteiger charge is 2.15. The van der Waals surface area contributed by atoms with E-state index in [-0.39, 0.29) is 30.1 Å². The number of nitrogens with one attached hydrogen (secondary N) is 3. The smallest absolute Gasteiger partial charge is 0.313 e. The third-order valence-electron chi connectivity index (χ3n) is 4.26. The second kappa shape index (κ2) is 11.7. The van der Waals surface area contributed by atoms with Crippen LogP contribution < -0.4 is 16.0 Å². The Balaban J connectivity index is 1.53. The molecular weight excluding hydrogens is 481 g/mol. The lowest BCUT2D eigenvalue weighted by Gasteiger charge is -2.06. The van der Waals surface area contributed by atoms with Gasteiger partial charge in [-0.2, -0.15) is 5.26 Å². The maximum absolute atomic E-state index is 12.3. The third kappa shape index (κ3) is 7.20. The fourth-order valence-corrected chi connectivity index (χ4v) is 3.23. The number of nitriles is 1. The summed E-state index contributed by atoms with van der Waals surface area (Å²) in [6.45, 7) is 0.121. The average molecular weight is 498 g/mol. The Bertz CT molecular complexity index is 1260. The second-order valence-corrected chi connectivity index (χ2v) is 7.69. The Hall–Kier alpha value is -4.13. The molecule has 3 N–H and O–H groups in total. The first-order valence-electron chi connectivity index (χ1n) is 9.77. The van der Waals surface area contributed by atoms with Crippen molar-refractivity contribution < 1.29 is 18.8 Å². The predicted octanol–water partition coefficient (Wildman–Crippen LogP) is 3.46. The van der Waals surface area contributed by atoms with Crippen molar-refractivity contribution in [3.05, 3.63) is 87.6 Å². The molecule has 2 heterocycles. The molecule has 172 valence electrons. The van der Waals surface area contributed by atoms with Gasteiger partial charge in [0, 0.05) is 40.7 Å². The van der Waals surface area contributed by atoms with E-state index in [1.165, 1.54) is 30.3 Å². The van der Waals surface area contributed by atoms with Crippen LogP contribution in [0.25, 0.3) is 6.08 Å². The van der Waals surface area contributed by atoms with Gasteiger partial charge in [0.25, 0.3) is 5.91 Å². The maximum Gasteiger partial charge on any atom is 0.313 e. The van der Waals surface area contributed by atoms with Gasteiger partial charge < -0.3 is 20.4 Å². The molecule has 0 unspecified atom stereocenters. The number of aromatic nitrogens is 1. The fourth-order valence-electron chi connectivity index (χ4n) is 2.70. The van der Waals surface area contributed by atoms with E-state index in [0.29, 0.717) is 15.8 Å².